The summed E-state index contributed by atoms with van der Waals surface area (Å²) in [6.45, 7) is 4.27. The van der Waals surface area contributed by atoms with Crippen molar-refractivity contribution in [1.29, 1.82) is 0 Å². The van der Waals surface area contributed by atoms with Crippen LogP contribution < -0.4 is 5.32 Å². The highest BCUT2D eigenvalue weighted by Crippen LogP contribution is 2.16. The van der Waals surface area contributed by atoms with Crippen LogP contribution in [-0.2, 0) is 4.79 Å². The SMILES string of the molecule is CCCCCCCCCCCCCCCCCCCCCCCC/C=C/C(O)C(CO)NC(=O)CCCCCCCCC. The van der Waals surface area contributed by atoms with E-state index in [1.165, 1.54) is 167 Å². The summed E-state index contributed by atoms with van der Waals surface area (Å²) in [6.07, 6.45) is 43.3. The maximum absolute atomic E-state index is 12.2. The van der Waals surface area contributed by atoms with Crippen LogP contribution in [0.25, 0.3) is 0 Å². The zero-order valence-electron chi connectivity index (χ0n) is 29.2. The first kappa shape index (κ1) is 42.1. The molecule has 0 heterocycles. The Morgan fingerprint density at radius 3 is 1.21 bits per heavy atom. The number of aliphatic hydroxyl groups is 2. The van der Waals surface area contributed by atoms with Gasteiger partial charge in [0.2, 0.25) is 5.91 Å². The molecular formula is C39H77NO3. The predicted molar refractivity (Wildman–Crippen MR) is 189 cm³/mol. The van der Waals surface area contributed by atoms with Crippen LogP contribution in [0.1, 0.15) is 213 Å². The molecule has 0 bridgehead atoms. The van der Waals surface area contributed by atoms with Crippen LogP contribution in [0.2, 0.25) is 0 Å². The van der Waals surface area contributed by atoms with Gasteiger partial charge in [-0.25, -0.2) is 0 Å². The number of aliphatic hydroxyl groups excluding tert-OH is 2. The molecule has 0 radical (unpaired) electrons. The Labute approximate surface area is 269 Å². The fraction of sp³-hybridized carbons (Fsp3) is 0.923. The van der Waals surface area contributed by atoms with Gasteiger partial charge in [-0.3, -0.25) is 4.79 Å². The van der Waals surface area contributed by atoms with Gasteiger partial charge in [0.05, 0.1) is 18.8 Å². The molecule has 0 spiro atoms. The molecule has 0 aromatic heterocycles. The topological polar surface area (TPSA) is 69.6 Å². The summed E-state index contributed by atoms with van der Waals surface area (Å²) in [4.78, 5) is 12.2. The van der Waals surface area contributed by atoms with Crippen LogP contribution in [0.15, 0.2) is 12.2 Å². The second-order valence-electron chi connectivity index (χ2n) is 13.4. The van der Waals surface area contributed by atoms with Crippen LogP contribution in [-0.4, -0.2) is 34.9 Å². The van der Waals surface area contributed by atoms with Gasteiger partial charge in [0, 0.05) is 6.42 Å². The Morgan fingerprint density at radius 2 is 0.860 bits per heavy atom. The number of hydrogen-bond acceptors (Lipinski definition) is 3. The molecule has 3 N–H and O–H groups in total. The fourth-order valence-electron chi connectivity index (χ4n) is 6.00. The molecule has 0 aromatic rings. The largest absolute Gasteiger partial charge is 0.394 e. The number of hydrogen-bond donors (Lipinski definition) is 3. The van der Waals surface area contributed by atoms with Crippen LogP contribution in [0, 0.1) is 0 Å². The van der Waals surface area contributed by atoms with Crippen molar-refractivity contribution < 1.29 is 15.0 Å². The van der Waals surface area contributed by atoms with Crippen molar-refractivity contribution in [1.82, 2.24) is 5.32 Å². The van der Waals surface area contributed by atoms with Gasteiger partial charge in [-0.2, -0.15) is 0 Å². The first-order valence-electron chi connectivity index (χ1n) is 19.4. The van der Waals surface area contributed by atoms with Crippen LogP contribution >= 0.6 is 0 Å². The number of unbranched alkanes of at least 4 members (excludes halogenated alkanes) is 28. The average molecular weight is 608 g/mol. The third-order valence-corrected chi connectivity index (χ3v) is 9.02. The van der Waals surface area contributed by atoms with Crippen molar-refractivity contribution in [3.05, 3.63) is 12.2 Å². The lowest BCUT2D eigenvalue weighted by atomic mass is 10.0. The van der Waals surface area contributed by atoms with Gasteiger partial charge >= 0.3 is 0 Å². The summed E-state index contributed by atoms with van der Waals surface area (Å²) in [6, 6.07) is -0.613. The molecule has 2 unspecified atom stereocenters. The van der Waals surface area contributed by atoms with Gasteiger partial charge in [0.1, 0.15) is 0 Å². The molecule has 0 aliphatic carbocycles. The highest BCUT2D eigenvalue weighted by Gasteiger charge is 2.17. The van der Waals surface area contributed by atoms with Crippen molar-refractivity contribution in [2.45, 2.75) is 225 Å². The number of carbonyl (C=O) groups is 1. The van der Waals surface area contributed by atoms with Crippen molar-refractivity contribution in [2.24, 2.45) is 0 Å². The molecule has 256 valence electrons. The molecule has 2 atom stereocenters. The van der Waals surface area contributed by atoms with E-state index >= 15 is 0 Å². The quantitative estimate of drug-likeness (QED) is 0.0496. The number of amides is 1. The van der Waals surface area contributed by atoms with E-state index in [1.807, 2.05) is 6.08 Å². The summed E-state index contributed by atoms with van der Waals surface area (Å²) in [5, 5.41) is 22.8. The molecule has 1 amide bonds. The standard InChI is InChI=1S/C39H77NO3/c1-3-5-7-9-11-12-13-14-15-16-17-18-19-20-21-22-23-24-25-26-27-29-30-32-34-38(42)37(36-41)40-39(43)35-33-31-28-10-8-6-4-2/h32,34,37-38,41-42H,3-31,33,35-36H2,1-2H3,(H,40,43)/b34-32+. The van der Waals surface area contributed by atoms with E-state index in [0.717, 1.165) is 25.7 Å². The van der Waals surface area contributed by atoms with Crippen LogP contribution in [0.4, 0.5) is 0 Å². The summed E-state index contributed by atoms with van der Waals surface area (Å²) in [5.74, 6) is -0.0698. The van der Waals surface area contributed by atoms with E-state index in [9.17, 15) is 15.0 Å². The first-order valence-corrected chi connectivity index (χ1v) is 19.4. The molecule has 4 heteroatoms. The zero-order chi connectivity index (χ0) is 31.5. The molecule has 0 rings (SSSR count). The second-order valence-corrected chi connectivity index (χ2v) is 13.4. The Kier molecular flexibility index (Phi) is 34.9. The van der Waals surface area contributed by atoms with E-state index < -0.39 is 12.1 Å². The Bertz CT molecular complexity index is 579. The maximum Gasteiger partial charge on any atom is 0.220 e. The summed E-state index contributed by atoms with van der Waals surface area (Å²) in [5.41, 5.74) is 0. The van der Waals surface area contributed by atoms with Crippen molar-refractivity contribution >= 4 is 5.91 Å². The third-order valence-electron chi connectivity index (χ3n) is 9.02. The lowest BCUT2D eigenvalue weighted by Gasteiger charge is -2.20. The number of rotatable bonds is 35. The number of allylic oxidation sites excluding steroid dienone is 1. The molecule has 0 aliphatic heterocycles. The molecule has 4 nitrogen and oxygen atoms in total. The number of nitrogens with one attached hydrogen (secondary N) is 1. The van der Waals surface area contributed by atoms with E-state index in [0.29, 0.717) is 6.42 Å². The third kappa shape index (κ3) is 32.3. The molecule has 0 saturated heterocycles. The van der Waals surface area contributed by atoms with E-state index in [4.69, 9.17) is 0 Å². The van der Waals surface area contributed by atoms with Crippen LogP contribution in [0.5, 0.6) is 0 Å². The van der Waals surface area contributed by atoms with Gasteiger partial charge in [-0.15, -0.1) is 0 Å². The normalized spacial score (nSPS) is 13.1. The Morgan fingerprint density at radius 1 is 0.535 bits per heavy atom. The summed E-state index contributed by atoms with van der Waals surface area (Å²) < 4.78 is 0. The van der Waals surface area contributed by atoms with Gasteiger partial charge < -0.3 is 15.5 Å². The highest BCUT2D eigenvalue weighted by atomic mass is 16.3. The van der Waals surface area contributed by atoms with E-state index in [-0.39, 0.29) is 12.5 Å². The van der Waals surface area contributed by atoms with Crippen molar-refractivity contribution in [3.8, 4) is 0 Å². The minimum Gasteiger partial charge on any atom is -0.394 e. The minimum atomic E-state index is -0.831. The van der Waals surface area contributed by atoms with E-state index in [1.54, 1.807) is 6.08 Å². The molecule has 0 saturated carbocycles. The van der Waals surface area contributed by atoms with Gasteiger partial charge in [0.25, 0.3) is 0 Å². The first-order chi connectivity index (χ1) is 21.2. The summed E-state index contributed by atoms with van der Waals surface area (Å²) in [7, 11) is 0. The fourth-order valence-corrected chi connectivity index (χ4v) is 6.00. The molecule has 0 aliphatic rings. The lowest BCUT2D eigenvalue weighted by molar-refractivity contribution is -0.123. The zero-order valence-corrected chi connectivity index (χ0v) is 29.2. The molecule has 0 aromatic carbocycles. The maximum atomic E-state index is 12.2. The lowest BCUT2D eigenvalue weighted by Crippen LogP contribution is -2.45. The molecular weight excluding hydrogens is 530 g/mol. The average Bonchev–Trinajstić information content (AvgIpc) is 3.01. The highest BCUT2D eigenvalue weighted by molar-refractivity contribution is 5.76. The monoisotopic (exact) mass is 608 g/mol. The Balaban J connectivity index is 3.46. The van der Waals surface area contributed by atoms with Crippen molar-refractivity contribution in [3.63, 3.8) is 0 Å². The second kappa shape index (κ2) is 35.6. The van der Waals surface area contributed by atoms with Crippen LogP contribution in [0.3, 0.4) is 0 Å². The predicted octanol–water partition coefficient (Wildman–Crippen LogP) is 11.5. The van der Waals surface area contributed by atoms with Gasteiger partial charge in [0.15, 0.2) is 0 Å². The van der Waals surface area contributed by atoms with Gasteiger partial charge in [-0.05, 0) is 19.3 Å². The molecule has 0 fully saturated rings. The van der Waals surface area contributed by atoms with E-state index in [2.05, 4.69) is 19.2 Å². The van der Waals surface area contributed by atoms with Gasteiger partial charge in [-0.1, -0.05) is 199 Å². The molecule has 43 heavy (non-hydrogen) atoms. The summed E-state index contributed by atoms with van der Waals surface area (Å²) >= 11 is 0. The smallest absolute Gasteiger partial charge is 0.220 e. The Hall–Kier alpha value is -0.870. The number of carbonyl (C=O) groups excluding carboxylic acids is 1. The van der Waals surface area contributed by atoms with Crippen molar-refractivity contribution in [2.75, 3.05) is 6.61 Å². The minimum absolute atomic E-state index is 0.0698.